The second-order valence-electron chi connectivity index (χ2n) is 3.75. The number of esters is 2. The lowest BCUT2D eigenvalue weighted by Crippen LogP contribution is -2.58. The van der Waals surface area contributed by atoms with E-state index in [1.54, 1.807) is 0 Å². The number of ether oxygens (including phenoxy) is 2. The van der Waals surface area contributed by atoms with E-state index in [1.165, 1.54) is 6.92 Å². The smallest absolute Gasteiger partial charge is 0.350 e. The highest BCUT2D eigenvalue weighted by Crippen LogP contribution is 2.19. The lowest BCUT2D eigenvalue weighted by Gasteiger charge is -2.34. The van der Waals surface area contributed by atoms with E-state index < -0.39 is 43.0 Å². The highest BCUT2D eigenvalue weighted by molar-refractivity contribution is 5.89. The zero-order valence-corrected chi connectivity index (χ0v) is 9.20. The predicted octanol–water partition coefficient (Wildman–Crippen LogP) is -1.89. The molecule has 0 amide bonds. The molecular formula is C10H14O7. The fourth-order valence-corrected chi connectivity index (χ4v) is 1.30. The largest absolute Gasteiger partial charge is 0.454 e. The van der Waals surface area contributed by atoms with Gasteiger partial charge in [-0.05, 0) is 6.92 Å². The van der Waals surface area contributed by atoms with Gasteiger partial charge < -0.3 is 24.8 Å². The van der Waals surface area contributed by atoms with E-state index in [0.717, 1.165) is 0 Å². The van der Waals surface area contributed by atoms with Gasteiger partial charge in [0.2, 0.25) is 6.10 Å². The number of carbonyl (C=O) groups is 2. The summed E-state index contributed by atoms with van der Waals surface area (Å²) in [6.45, 7) is 4.05. The Bertz CT molecular complexity index is 338. The molecule has 0 aliphatic carbocycles. The Morgan fingerprint density at radius 2 is 2.06 bits per heavy atom. The van der Waals surface area contributed by atoms with E-state index in [0.29, 0.717) is 0 Å². The van der Waals surface area contributed by atoms with Crippen LogP contribution in [0.25, 0.3) is 0 Å². The maximum atomic E-state index is 11.4. The molecule has 0 radical (unpaired) electrons. The van der Waals surface area contributed by atoms with Crippen LogP contribution in [0.5, 0.6) is 0 Å². The summed E-state index contributed by atoms with van der Waals surface area (Å²) in [5.41, 5.74) is 0.0452. The molecule has 0 aromatic rings. The quantitative estimate of drug-likeness (QED) is 0.394. The molecule has 7 nitrogen and oxygen atoms in total. The van der Waals surface area contributed by atoms with Crippen molar-refractivity contribution >= 4 is 11.9 Å². The van der Waals surface area contributed by atoms with Crippen molar-refractivity contribution < 1.29 is 34.4 Å². The molecule has 0 saturated carbocycles. The zero-order valence-electron chi connectivity index (χ0n) is 9.20. The fraction of sp³-hybridized carbons (Fsp3) is 0.600. The van der Waals surface area contributed by atoms with Gasteiger partial charge in [-0.3, -0.25) is 0 Å². The summed E-state index contributed by atoms with van der Waals surface area (Å²) in [6.07, 6.45) is -5.99. The lowest BCUT2D eigenvalue weighted by atomic mass is 10.00. The van der Waals surface area contributed by atoms with Crippen LogP contribution in [0.2, 0.25) is 0 Å². The van der Waals surface area contributed by atoms with Gasteiger partial charge in [-0.2, -0.15) is 0 Å². The molecule has 0 unspecified atom stereocenters. The molecule has 96 valence electrons. The van der Waals surface area contributed by atoms with Crippen LogP contribution in [0.4, 0.5) is 0 Å². The average Bonchev–Trinajstić information content (AvgIpc) is 2.28. The minimum atomic E-state index is -1.64. The van der Waals surface area contributed by atoms with Crippen LogP contribution in [-0.2, 0) is 19.1 Å². The Balaban J connectivity index is 2.76. The summed E-state index contributed by atoms with van der Waals surface area (Å²) in [7, 11) is 0. The second-order valence-corrected chi connectivity index (χ2v) is 3.75. The predicted molar refractivity (Wildman–Crippen MR) is 53.7 cm³/mol. The van der Waals surface area contributed by atoms with E-state index >= 15 is 0 Å². The molecule has 0 aromatic heterocycles. The summed E-state index contributed by atoms with van der Waals surface area (Å²) < 4.78 is 9.24. The summed E-state index contributed by atoms with van der Waals surface area (Å²) in [6, 6.07) is 0. The minimum absolute atomic E-state index is 0.0452. The Hall–Kier alpha value is -1.44. The van der Waals surface area contributed by atoms with Gasteiger partial charge in [0.15, 0.2) is 6.10 Å². The topological polar surface area (TPSA) is 113 Å². The molecule has 7 heteroatoms. The monoisotopic (exact) mass is 246 g/mol. The van der Waals surface area contributed by atoms with Crippen molar-refractivity contribution in [1.29, 1.82) is 0 Å². The molecular weight excluding hydrogens is 232 g/mol. The number of cyclic esters (lactones) is 1. The minimum Gasteiger partial charge on any atom is -0.454 e. The SMILES string of the molecule is C=C(C)C(=O)O[C@H]1C(=O)O[C@H](CO)[C@@H](O)[C@@H]1O. The first-order valence-corrected chi connectivity index (χ1v) is 4.92. The summed E-state index contributed by atoms with van der Waals surface area (Å²) in [4.78, 5) is 22.6. The highest BCUT2D eigenvalue weighted by Gasteiger charge is 2.46. The number of carbonyl (C=O) groups excluding carboxylic acids is 2. The van der Waals surface area contributed by atoms with E-state index in [1.807, 2.05) is 0 Å². The number of aliphatic hydroxyl groups excluding tert-OH is 3. The first kappa shape index (κ1) is 13.6. The first-order chi connectivity index (χ1) is 7.88. The average molecular weight is 246 g/mol. The Labute approximate surface area is 97.3 Å². The highest BCUT2D eigenvalue weighted by atomic mass is 16.6. The van der Waals surface area contributed by atoms with Gasteiger partial charge in [0, 0.05) is 5.57 Å². The van der Waals surface area contributed by atoms with Crippen molar-refractivity contribution in [2.75, 3.05) is 6.61 Å². The maximum Gasteiger partial charge on any atom is 0.350 e. The Morgan fingerprint density at radius 1 is 1.47 bits per heavy atom. The molecule has 1 rings (SSSR count). The summed E-state index contributed by atoms with van der Waals surface area (Å²) in [5, 5.41) is 27.8. The molecule has 1 fully saturated rings. The van der Waals surface area contributed by atoms with Crippen LogP contribution in [0.15, 0.2) is 12.2 Å². The molecule has 0 spiro atoms. The van der Waals surface area contributed by atoms with Gasteiger partial charge in [0.05, 0.1) is 6.61 Å². The van der Waals surface area contributed by atoms with Gasteiger partial charge in [0.1, 0.15) is 12.2 Å². The number of hydrogen-bond donors (Lipinski definition) is 3. The lowest BCUT2D eigenvalue weighted by molar-refractivity contribution is -0.213. The summed E-state index contributed by atoms with van der Waals surface area (Å²) >= 11 is 0. The van der Waals surface area contributed by atoms with Crippen molar-refractivity contribution in [1.82, 2.24) is 0 Å². The molecule has 1 heterocycles. The Morgan fingerprint density at radius 3 is 2.53 bits per heavy atom. The van der Waals surface area contributed by atoms with Gasteiger partial charge in [0.25, 0.3) is 0 Å². The molecule has 1 saturated heterocycles. The molecule has 1 aliphatic heterocycles. The van der Waals surface area contributed by atoms with Gasteiger partial charge in [-0.15, -0.1) is 0 Å². The van der Waals surface area contributed by atoms with Crippen LogP contribution >= 0.6 is 0 Å². The number of hydrogen-bond acceptors (Lipinski definition) is 7. The summed E-state index contributed by atoms with van der Waals surface area (Å²) in [5.74, 6) is -1.89. The van der Waals surface area contributed by atoms with Crippen LogP contribution in [0.1, 0.15) is 6.92 Å². The third-order valence-corrected chi connectivity index (χ3v) is 2.30. The molecule has 17 heavy (non-hydrogen) atoms. The third-order valence-electron chi connectivity index (χ3n) is 2.30. The molecule has 3 N–H and O–H groups in total. The van der Waals surface area contributed by atoms with Crippen LogP contribution in [-0.4, -0.2) is 58.3 Å². The molecule has 0 bridgehead atoms. The molecule has 1 aliphatic rings. The van der Waals surface area contributed by atoms with Crippen LogP contribution in [0.3, 0.4) is 0 Å². The zero-order chi connectivity index (χ0) is 13.2. The van der Waals surface area contributed by atoms with E-state index in [9.17, 15) is 19.8 Å². The van der Waals surface area contributed by atoms with Crippen LogP contribution < -0.4 is 0 Å². The van der Waals surface area contributed by atoms with Gasteiger partial charge >= 0.3 is 11.9 Å². The van der Waals surface area contributed by atoms with Crippen molar-refractivity contribution in [3.8, 4) is 0 Å². The van der Waals surface area contributed by atoms with Crippen molar-refractivity contribution in [3.05, 3.63) is 12.2 Å². The van der Waals surface area contributed by atoms with Crippen molar-refractivity contribution in [3.63, 3.8) is 0 Å². The van der Waals surface area contributed by atoms with E-state index in [4.69, 9.17) is 5.11 Å². The fourth-order valence-electron chi connectivity index (χ4n) is 1.30. The molecule has 4 atom stereocenters. The third kappa shape index (κ3) is 2.82. The molecule has 0 aromatic carbocycles. The maximum absolute atomic E-state index is 11.4. The van der Waals surface area contributed by atoms with Gasteiger partial charge in [-0.1, -0.05) is 6.58 Å². The number of rotatable bonds is 3. The van der Waals surface area contributed by atoms with E-state index in [2.05, 4.69) is 16.1 Å². The van der Waals surface area contributed by atoms with Crippen molar-refractivity contribution in [2.45, 2.75) is 31.3 Å². The van der Waals surface area contributed by atoms with E-state index in [-0.39, 0.29) is 5.57 Å². The first-order valence-electron chi connectivity index (χ1n) is 4.92. The van der Waals surface area contributed by atoms with Crippen LogP contribution in [0, 0.1) is 0 Å². The number of aliphatic hydroxyl groups is 3. The normalized spacial score (nSPS) is 32.8. The van der Waals surface area contributed by atoms with Crippen molar-refractivity contribution in [2.24, 2.45) is 0 Å². The second kappa shape index (κ2) is 5.26. The Kier molecular flexibility index (Phi) is 4.22. The van der Waals surface area contributed by atoms with Gasteiger partial charge in [-0.25, -0.2) is 9.59 Å². The standard InChI is InChI=1S/C10H14O7/c1-4(2)9(14)17-8-7(13)6(12)5(3-11)16-10(8)15/h5-8,11-13H,1,3H2,2H3/t5-,6-,7+,8-/m1/s1.